The average Bonchev–Trinajstić information content (AvgIpc) is 3.12. The molecule has 0 unspecified atom stereocenters. The van der Waals surface area contributed by atoms with E-state index in [1.165, 1.54) is 11.3 Å². The van der Waals surface area contributed by atoms with E-state index in [9.17, 15) is 9.59 Å². The molecule has 1 aliphatic heterocycles. The van der Waals surface area contributed by atoms with Crippen molar-refractivity contribution >= 4 is 17.2 Å². The topological polar surface area (TPSA) is 79.0 Å². The van der Waals surface area contributed by atoms with Gasteiger partial charge in [-0.25, -0.2) is 9.97 Å². The molecule has 7 heteroatoms. The number of rotatable bonds is 3. The molecule has 2 aromatic rings. The number of aryl methyl sites for hydroxylation is 3. The quantitative estimate of drug-likeness (QED) is 0.927. The highest BCUT2D eigenvalue weighted by Gasteiger charge is 2.34. The zero-order valence-electron chi connectivity index (χ0n) is 14.5. The first-order chi connectivity index (χ1) is 11.4. The lowest BCUT2D eigenvalue weighted by molar-refractivity contribution is 0.0733. The Kier molecular flexibility index (Phi) is 4.54. The van der Waals surface area contributed by atoms with Gasteiger partial charge in [0.2, 0.25) is 0 Å². The molecule has 0 spiro atoms. The molecular weight excluding hydrogens is 324 g/mol. The second kappa shape index (κ2) is 6.47. The standard InChI is InChI=1S/C17H22N4O2S/c1-5-12-9(2)19-15(20-16(12)22)13-7-6-8-21(13)17(23)14-10(3)18-11(4)24-14/h13H,5-8H2,1-4H3,(H,19,20,22)/t13-/m0/s1. The van der Waals surface area contributed by atoms with Crippen molar-refractivity contribution in [3.63, 3.8) is 0 Å². The molecule has 0 aliphatic carbocycles. The molecule has 128 valence electrons. The highest BCUT2D eigenvalue weighted by molar-refractivity contribution is 7.13. The highest BCUT2D eigenvalue weighted by atomic mass is 32.1. The lowest BCUT2D eigenvalue weighted by atomic mass is 10.1. The molecule has 3 heterocycles. The Hall–Kier alpha value is -2.02. The van der Waals surface area contributed by atoms with Gasteiger partial charge in [-0.15, -0.1) is 11.3 Å². The maximum absolute atomic E-state index is 12.9. The average molecular weight is 346 g/mol. The summed E-state index contributed by atoms with van der Waals surface area (Å²) in [5.74, 6) is 0.583. The summed E-state index contributed by atoms with van der Waals surface area (Å²) in [6, 6.07) is -0.170. The number of thiazole rings is 1. The lowest BCUT2D eigenvalue weighted by Gasteiger charge is -2.24. The molecule has 1 fully saturated rings. The smallest absolute Gasteiger partial charge is 0.266 e. The number of hydrogen-bond acceptors (Lipinski definition) is 5. The van der Waals surface area contributed by atoms with Gasteiger partial charge in [0.25, 0.3) is 11.5 Å². The summed E-state index contributed by atoms with van der Waals surface area (Å²) in [6.07, 6.45) is 2.38. The van der Waals surface area contributed by atoms with Crippen LogP contribution in [0.25, 0.3) is 0 Å². The van der Waals surface area contributed by atoms with Crippen LogP contribution in [0.2, 0.25) is 0 Å². The summed E-state index contributed by atoms with van der Waals surface area (Å²) in [6.45, 7) is 8.25. The number of aromatic nitrogens is 3. The molecular formula is C17H22N4O2S. The minimum atomic E-state index is -0.170. The van der Waals surface area contributed by atoms with E-state index in [1.807, 2.05) is 32.6 Å². The zero-order chi connectivity index (χ0) is 17.4. The van der Waals surface area contributed by atoms with Crippen molar-refractivity contribution in [2.24, 2.45) is 0 Å². The van der Waals surface area contributed by atoms with Gasteiger partial charge in [0.1, 0.15) is 10.7 Å². The monoisotopic (exact) mass is 346 g/mol. The van der Waals surface area contributed by atoms with Crippen LogP contribution in [-0.2, 0) is 6.42 Å². The first-order valence-corrected chi connectivity index (χ1v) is 9.08. The van der Waals surface area contributed by atoms with E-state index in [2.05, 4.69) is 15.0 Å². The third kappa shape index (κ3) is 2.88. The van der Waals surface area contributed by atoms with Crippen molar-refractivity contribution < 1.29 is 4.79 Å². The molecule has 1 amide bonds. The molecule has 0 aromatic carbocycles. The van der Waals surface area contributed by atoms with E-state index < -0.39 is 0 Å². The Balaban J connectivity index is 1.95. The number of likely N-dealkylation sites (tertiary alicyclic amines) is 1. The van der Waals surface area contributed by atoms with Gasteiger partial charge in [-0.3, -0.25) is 9.59 Å². The van der Waals surface area contributed by atoms with Crippen molar-refractivity contribution in [3.8, 4) is 0 Å². The predicted octanol–water partition coefficient (Wildman–Crippen LogP) is 2.69. The number of hydrogen-bond donors (Lipinski definition) is 1. The van der Waals surface area contributed by atoms with E-state index in [1.54, 1.807) is 0 Å². The first-order valence-electron chi connectivity index (χ1n) is 8.27. The Morgan fingerprint density at radius 3 is 2.62 bits per heavy atom. The van der Waals surface area contributed by atoms with Crippen LogP contribution >= 0.6 is 11.3 Å². The number of carbonyl (C=O) groups excluding carboxylic acids is 1. The van der Waals surface area contributed by atoms with E-state index in [0.29, 0.717) is 29.2 Å². The number of nitrogens with one attached hydrogen (secondary N) is 1. The van der Waals surface area contributed by atoms with Gasteiger partial charge in [-0.05, 0) is 40.0 Å². The molecule has 1 aliphatic rings. The predicted molar refractivity (Wildman–Crippen MR) is 93.6 cm³/mol. The van der Waals surface area contributed by atoms with Crippen LogP contribution < -0.4 is 5.56 Å². The van der Waals surface area contributed by atoms with Crippen LogP contribution in [0.3, 0.4) is 0 Å². The fourth-order valence-electron chi connectivity index (χ4n) is 3.36. The van der Waals surface area contributed by atoms with E-state index in [4.69, 9.17) is 0 Å². The van der Waals surface area contributed by atoms with Gasteiger partial charge >= 0.3 is 0 Å². The van der Waals surface area contributed by atoms with Crippen molar-refractivity contribution in [3.05, 3.63) is 43.0 Å². The third-order valence-corrected chi connectivity index (χ3v) is 5.58. The summed E-state index contributed by atoms with van der Waals surface area (Å²) in [7, 11) is 0. The molecule has 0 radical (unpaired) electrons. The molecule has 1 atom stereocenters. The van der Waals surface area contributed by atoms with Gasteiger partial charge in [0.05, 0.1) is 16.7 Å². The van der Waals surface area contributed by atoms with Crippen molar-refractivity contribution in [2.45, 2.75) is 53.0 Å². The van der Waals surface area contributed by atoms with Crippen LogP contribution in [0.4, 0.5) is 0 Å². The van der Waals surface area contributed by atoms with Crippen molar-refractivity contribution in [1.82, 2.24) is 19.9 Å². The maximum Gasteiger partial charge on any atom is 0.266 e. The molecule has 0 saturated carbocycles. The van der Waals surface area contributed by atoms with Crippen LogP contribution in [-0.4, -0.2) is 32.3 Å². The molecule has 1 N–H and O–H groups in total. The fraction of sp³-hybridized carbons (Fsp3) is 0.529. The van der Waals surface area contributed by atoms with Crippen LogP contribution in [0.15, 0.2) is 4.79 Å². The molecule has 1 saturated heterocycles. The minimum absolute atomic E-state index is 0.0135. The summed E-state index contributed by atoms with van der Waals surface area (Å²) >= 11 is 1.42. The van der Waals surface area contributed by atoms with Gasteiger partial charge < -0.3 is 9.88 Å². The van der Waals surface area contributed by atoms with Crippen LogP contribution in [0.5, 0.6) is 0 Å². The molecule has 2 aromatic heterocycles. The molecule has 6 nitrogen and oxygen atoms in total. The molecule has 24 heavy (non-hydrogen) atoms. The second-order valence-corrected chi connectivity index (χ2v) is 7.38. The Morgan fingerprint density at radius 2 is 2.04 bits per heavy atom. The fourth-order valence-corrected chi connectivity index (χ4v) is 4.24. The van der Waals surface area contributed by atoms with Gasteiger partial charge in [-0.1, -0.05) is 6.92 Å². The molecule has 0 bridgehead atoms. The minimum Gasteiger partial charge on any atom is -0.328 e. The van der Waals surface area contributed by atoms with E-state index in [-0.39, 0.29) is 17.5 Å². The molecule has 3 rings (SSSR count). The lowest BCUT2D eigenvalue weighted by Crippen LogP contribution is -2.33. The van der Waals surface area contributed by atoms with Crippen LogP contribution in [0, 0.1) is 20.8 Å². The van der Waals surface area contributed by atoms with Crippen molar-refractivity contribution in [2.75, 3.05) is 6.54 Å². The highest BCUT2D eigenvalue weighted by Crippen LogP contribution is 2.32. The van der Waals surface area contributed by atoms with Gasteiger partial charge in [-0.2, -0.15) is 0 Å². The summed E-state index contributed by atoms with van der Waals surface area (Å²) < 4.78 is 0. The van der Waals surface area contributed by atoms with Crippen molar-refractivity contribution in [1.29, 1.82) is 0 Å². The third-order valence-electron chi connectivity index (χ3n) is 4.52. The number of H-pyrrole nitrogens is 1. The Morgan fingerprint density at radius 1 is 1.29 bits per heavy atom. The van der Waals surface area contributed by atoms with Crippen LogP contribution in [0.1, 0.15) is 63.3 Å². The normalized spacial score (nSPS) is 17.5. The maximum atomic E-state index is 12.9. The van der Waals surface area contributed by atoms with Gasteiger partial charge in [0.15, 0.2) is 0 Å². The Bertz CT molecular complexity index is 840. The Labute approximate surface area is 145 Å². The van der Waals surface area contributed by atoms with Gasteiger partial charge in [0, 0.05) is 17.8 Å². The van der Waals surface area contributed by atoms with E-state index >= 15 is 0 Å². The first kappa shape index (κ1) is 16.8. The summed E-state index contributed by atoms with van der Waals surface area (Å²) in [5, 5.41) is 0.890. The number of nitrogens with zero attached hydrogens (tertiary/aromatic N) is 3. The summed E-state index contributed by atoms with van der Waals surface area (Å²) in [4.78, 5) is 39.5. The number of carbonyl (C=O) groups is 1. The number of amides is 1. The second-order valence-electron chi connectivity index (χ2n) is 6.17. The zero-order valence-corrected chi connectivity index (χ0v) is 15.3. The summed E-state index contributed by atoms with van der Waals surface area (Å²) in [5.41, 5.74) is 2.14. The number of aromatic amines is 1. The largest absolute Gasteiger partial charge is 0.328 e. The van der Waals surface area contributed by atoms with E-state index in [0.717, 1.165) is 29.2 Å². The SMILES string of the molecule is CCc1c(C)nc([C@@H]2CCCN2C(=O)c2sc(C)nc2C)[nH]c1=O.